The summed E-state index contributed by atoms with van der Waals surface area (Å²) in [4.78, 5) is 16.2. The van der Waals surface area contributed by atoms with Crippen LogP contribution in [0.4, 0.5) is 10.5 Å². The monoisotopic (exact) mass is 317 g/mol. The Labute approximate surface area is 133 Å². The molecule has 3 N–H and O–H groups in total. The van der Waals surface area contributed by atoms with Crippen molar-refractivity contribution in [1.29, 1.82) is 0 Å². The number of carbonyl (C=O) groups excluding carboxylic acids is 1. The van der Waals surface area contributed by atoms with Gasteiger partial charge < -0.3 is 15.7 Å². The van der Waals surface area contributed by atoms with Crippen molar-refractivity contribution in [3.8, 4) is 10.6 Å². The molecule has 6 heteroatoms. The molecule has 0 radical (unpaired) electrons. The Kier molecular flexibility index (Phi) is 4.70. The Morgan fingerprint density at radius 1 is 1.41 bits per heavy atom. The SMILES string of the molecule is O=C(NC[C@@H]1CCC[C@@H]1O)Nc1cccc(-c2nccs2)c1. The zero-order valence-corrected chi connectivity index (χ0v) is 13.0. The highest BCUT2D eigenvalue weighted by atomic mass is 32.1. The molecule has 3 rings (SSSR count). The van der Waals surface area contributed by atoms with Gasteiger partial charge in [0.05, 0.1) is 6.10 Å². The van der Waals surface area contributed by atoms with Crippen molar-refractivity contribution in [3.63, 3.8) is 0 Å². The van der Waals surface area contributed by atoms with E-state index in [1.54, 1.807) is 17.5 Å². The quantitative estimate of drug-likeness (QED) is 0.811. The van der Waals surface area contributed by atoms with Gasteiger partial charge in [-0.3, -0.25) is 0 Å². The molecule has 1 aromatic carbocycles. The van der Waals surface area contributed by atoms with E-state index >= 15 is 0 Å². The van der Waals surface area contributed by atoms with Crippen molar-refractivity contribution < 1.29 is 9.90 Å². The molecule has 2 aromatic rings. The predicted octanol–water partition coefficient (Wildman–Crippen LogP) is 3.09. The molecule has 0 bridgehead atoms. The number of nitrogens with zero attached hydrogens (tertiary/aromatic N) is 1. The van der Waals surface area contributed by atoms with Crippen molar-refractivity contribution in [3.05, 3.63) is 35.8 Å². The van der Waals surface area contributed by atoms with E-state index in [0.717, 1.165) is 35.5 Å². The highest BCUT2D eigenvalue weighted by Gasteiger charge is 2.25. The molecular weight excluding hydrogens is 298 g/mol. The number of carbonyl (C=O) groups is 1. The number of hydrogen-bond donors (Lipinski definition) is 3. The Morgan fingerprint density at radius 3 is 3.05 bits per heavy atom. The van der Waals surface area contributed by atoms with E-state index in [0.29, 0.717) is 6.54 Å². The standard InChI is InChI=1S/C16H19N3O2S/c20-14-6-2-4-12(14)10-18-16(21)19-13-5-1-3-11(9-13)15-17-7-8-22-15/h1,3,5,7-9,12,14,20H,2,4,6,10H2,(H2,18,19,21)/t12-,14-/m0/s1. The molecular formula is C16H19N3O2S. The normalized spacial score (nSPS) is 20.8. The lowest BCUT2D eigenvalue weighted by Crippen LogP contribution is -2.35. The molecule has 0 spiro atoms. The average Bonchev–Trinajstić information content (AvgIpc) is 3.17. The second kappa shape index (κ2) is 6.89. The van der Waals surface area contributed by atoms with Gasteiger partial charge in [0.2, 0.25) is 0 Å². The first-order valence-corrected chi connectivity index (χ1v) is 8.33. The lowest BCUT2D eigenvalue weighted by atomic mass is 10.1. The van der Waals surface area contributed by atoms with Crippen LogP contribution in [0.5, 0.6) is 0 Å². The summed E-state index contributed by atoms with van der Waals surface area (Å²) in [5, 5.41) is 18.3. The number of aliphatic hydroxyl groups excluding tert-OH is 1. The summed E-state index contributed by atoms with van der Waals surface area (Å²) in [6, 6.07) is 7.38. The smallest absolute Gasteiger partial charge is 0.319 e. The second-order valence-corrected chi connectivity index (χ2v) is 6.41. The summed E-state index contributed by atoms with van der Waals surface area (Å²) in [6.07, 6.45) is 4.32. The van der Waals surface area contributed by atoms with E-state index in [1.807, 2.05) is 29.6 Å². The Balaban J connectivity index is 1.56. The fourth-order valence-corrected chi connectivity index (χ4v) is 3.39. The summed E-state index contributed by atoms with van der Waals surface area (Å²) in [5.41, 5.74) is 1.72. The van der Waals surface area contributed by atoms with Crippen molar-refractivity contribution in [2.24, 2.45) is 5.92 Å². The Bertz CT molecular complexity index is 630. The number of benzene rings is 1. The number of anilines is 1. The van der Waals surface area contributed by atoms with Crippen molar-refractivity contribution in [2.75, 3.05) is 11.9 Å². The topological polar surface area (TPSA) is 74.2 Å². The minimum Gasteiger partial charge on any atom is -0.393 e. The first-order chi connectivity index (χ1) is 10.7. The molecule has 1 aromatic heterocycles. The lowest BCUT2D eigenvalue weighted by molar-refractivity contribution is 0.133. The van der Waals surface area contributed by atoms with Crippen LogP contribution in [0.1, 0.15) is 19.3 Å². The molecule has 0 unspecified atom stereocenters. The van der Waals surface area contributed by atoms with Crippen molar-refractivity contribution >= 4 is 23.1 Å². The van der Waals surface area contributed by atoms with Gasteiger partial charge >= 0.3 is 6.03 Å². The highest BCUT2D eigenvalue weighted by molar-refractivity contribution is 7.13. The number of thiazole rings is 1. The Morgan fingerprint density at radius 2 is 2.32 bits per heavy atom. The molecule has 2 atom stereocenters. The first-order valence-electron chi connectivity index (χ1n) is 7.45. The second-order valence-electron chi connectivity index (χ2n) is 5.51. The summed E-state index contributed by atoms with van der Waals surface area (Å²) < 4.78 is 0. The summed E-state index contributed by atoms with van der Waals surface area (Å²) >= 11 is 1.56. The summed E-state index contributed by atoms with van der Waals surface area (Å²) in [6.45, 7) is 0.513. The van der Waals surface area contributed by atoms with Crippen LogP contribution in [-0.2, 0) is 0 Å². The van der Waals surface area contributed by atoms with Gasteiger partial charge in [0.1, 0.15) is 5.01 Å². The molecule has 1 fully saturated rings. The lowest BCUT2D eigenvalue weighted by Gasteiger charge is -2.15. The van der Waals surface area contributed by atoms with E-state index in [-0.39, 0.29) is 18.1 Å². The maximum absolute atomic E-state index is 12.0. The van der Waals surface area contributed by atoms with Crippen LogP contribution in [0.25, 0.3) is 10.6 Å². The minimum absolute atomic E-state index is 0.174. The van der Waals surface area contributed by atoms with Crippen molar-refractivity contribution in [1.82, 2.24) is 10.3 Å². The first kappa shape index (κ1) is 15.0. The van der Waals surface area contributed by atoms with Crippen LogP contribution in [0.15, 0.2) is 35.8 Å². The van der Waals surface area contributed by atoms with Crippen LogP contribution in [0.2, 0.25) is 0 Å². The molecule has 2 amide bonds. The van der Waals surface area contributed by atoms with E-state index in [4.69, 9.17) is 0 Å². The van der Waals surface area contributed by atoms with Gasteiger partial charge in [-0.2, -0.15) is 0 Å². The van der Waals surface area contributed by atoms with E-state index in [1.165, 1.54) is 0 Å². The van der Waals surface area contributed by atoms with E-state index in [9.17, 15) is 9.90 Å². The fourth-order valence-electron chi connectivity index (χ4n) is 2.75. The number of nitrogens with one attached hydrogen (secondary N) is 2. The third kappa shape index (κ3) is 3.64. The molecule has 116 valence electrons. The molecule has 1 aliphatic rings. The van der Waals surface area contributed by atoms with Crippen LogP contribution in [0.3, 0.4) is 0 Å². The van der Waals surface area contributed by atoms with Gasteiger partial charge in [-0.25, -0.2) is 9.78 Å². The van der Waals surface area contributed by atoms with Gasteiger partial charge in [0, 0.05) is 35.3 Å². The van der Waals surface area contributed by atoms with Gasteiger partial charge in [-0.1, -0.05) is 18.6 Å². The largest absolute Gasteiger partial charge is 0.393 e. The van der Waals surface area contributed by atoms with Gasteiger partial charge in [0.25, 0.3) is 0 Å². The van der Waals surface area contributed by atoms with Gasteiger partial charge in [0.15, 0.2) is 0 Å². The molecule has 5 nitrogen and oxygen atoms in total. The average molecular weight is 317 g/mol. The molecule has 0 aliphatic heterocycles. The molecule has 1 aliphatic carbocycles. The van der Waals surface area contributed by atoms with E-state index < -0.39 is 0 Å². The fraction of sp³-hybridized carbons (Fsp3) is 0.375. The number of aromatic nitrogens is 1. The number of aliphatic hydroxyl groups is 1. The van der Waals surface area contributed by atoms with Crippen LogP contribution in [-0.4, -0.2) is 28.8 Å². The zero-order valence-electron chi connectivity index (χ0n) is 12.2. The maximum Gasteiger partial charge on any atom is 0.319 e. The zero-order chi connectivity index (χ0) is 15.4. The minimum atomic E-state index is -0.284. The van der Waals surface area contributed by atoms with Crippen LogP contribution < -0.4 is 10.6 Å². The molecule has 1 heterocycles. The number of hydrogen-bond acceptors (Lipinski definition) is 4. The summed E-state index contributed by atoms with van der Waals surface area (Å²) in [5.74, 6) is 0.174. The van der Waals surface area contributed by atoms with Crippen molar-refractivity contribution in [2.45, 2.75) is 25.4 Å². The van der Waals surface area contributed by atoms with Crippen LogP contribution >= 0.6 is 11.3 Å². The third-order valence-electron chi connectivity index (χ3n) is 3.94. The molecule has 1 saturated carbocycles. The molecule has 0 saturated heterocycles. The number of rotatable bonds is 4. The number of amides is 2. The summed E-state index contributed by atoms with van der Waals surface area (Å²) in [7, 11) is 0. The highest BCUT2D eigenvalue weighted by Crippen LogP contribution is 2.25. The molecule has 22 heavy (non-hydrogen) atoms. The van der Waals surface area contributed by atoms with Gasteiger partial charge in [-0.05, 0) is 25.0 Å². The van der Waals surface area contributed by atoms with Gasteiger partial charge in [-0.15, -0.1) is 11.3 Å². The predicted molar refractivity (Wildman–Crippen MR) is 87.9 cm³/mol. The van der Waals surface area contributed by atoms with Crippen LogP contribution in [0, 0.1) is 5.92 Å². The number of urea groups is 1. The Hall–Kier alpha value is -1.92. The maximum atomic E-state index is 12.0. The third-order valence-corrected chi connectivity index (χ3v) is 4.77. The van der Waals surface area contributed by atoms with E-state index in [2.05, 4.69) is 15.6 Å².